The van der Waals surface area contributed by atoms with Crippen molar-refractivity contribution in [2.75, 3.05) is 18.4 Å². The molecular formula is C13H21N3O4. The monoisotopic (exact) mass is 283 g/mol. The van der Waals surface area contributed by atoms with Gasteiger partial charge in [-0.05, 0) is 20.3 Å². The first kappa shape index (κ1) is 16.2. The summed E-state index contributed by atoms with van der Waals surface area (Å²) in [7, 11) is 0. The van der Waals surface area contributed by atoms with Crippen molar-refractivity contribution in [3.05, 3.63) is 11.8 Å². The zero-order valence-corrected chi connectivity index (χ0v) is 12.0. The largest absolute Gasteiger partial charge is 0.480 e. The van der Waals surface area contributed by atoms with Gasteiger partial charge in [-0.3, -0.25) is 14.5 Å². The second-order valence-electron chi connectivity index (χ2n) is 4.74. The molecule has 0 saturated carbocycles. The maximum Gasteiger partial charge on any atom is 0.317 e. The van der Waals surface area contributed by atoms with E-state index >= 15 is 0 Å². The van der Waals surface area contributed by atoms with Crippen molar-refractivity contribution in [1.29, 1.82) is 0 Å². The van der Waals surface area contributed by atoms with Crippen LogP contribution in [0.1, 0.15) is 32.4 Å². The molecule has 1 aromatic heterocycles. The van der Waals surface area contributed by atoms with Gasteiger partial charge in [-0.2, -0.15) is 0 Å². The maximum absolute atomic E-state index is 11.8. The topological polar surface area (TPSA) is 95.7 Å². The van der Waals surface area contributed by atoms with Crippen LogP contribution in [0, 0.1) is 6.92 Å². The Morgan fingerprint density at radius 1 is 1.55 bits per heavy atom. The minimum absolute atomic E-state index is 0.0641. The summed E-state index contributed by atoms with van der Waals surface area (Å²) >= 11 is 0. The average Bonchev–Trinajstić information content (AvgIpc) is 2.78. The molecule has 0 fully saturated rings. The Kier molecular flexibility index (Phi) is 6.17. The highest BCUT2D eigenvalue weighted by Gasteiger charge is 2.17. The summed E-state index contributed by atoms with van der Waals surface area (Å²) in [4.78, 5) is 24.3. The Balaban J connectivity index is 2.45. The molecule has 1 unspecified atom stereocenters. The molecule has 7 heteroatoms. The summed E-state index contributed by atoms with van der Waals surface area (Å²) in [6, 6.07) is 1.75. The number of carboxylic acid groups (broad SMARTS) is 1. The zero-order valence-electron chi connectivity index (χ0n) is 12.0. The van der Waals surface area contributed by atoms with Crippen LogP contribution in [-0.4, -0.2) is 46.2 Å². The molecule has 112 valence electrons. The molecule has 0 radical (unpaired) electrons. The highest BCUT2D eigenvalue weighted by Crippen LogP contribution is 2.08. The Bertz CT molecular complexity index is 458. The average molecular weight is 283 g/mol. The lowest BCUT2D eigenvalue weighted by Crippen LogP contribution is -2.39. The highest BCUT2D eigenvalue weighted by atomic mass is 16.5. The standard InChI is InChI=1S/C13H21N3O4/c1-4-9(2)16(8-13(18)19)6-5-12(17)14-11-7-10(3)20-15-11/h7,9H,4-6,8H2,1-3H3,(H,18,19)(H,14,15,17). The van der Waals surface area contributed by atoms with Crippen LogP contribution in [0.4, 0.5) is 5.82 Å². The number of carbonyl (C=O) groups is 2. The number of carbonyl (C=O) groups excluding carboxylic acids is 1. The molecule has 0 saturated heterocycles. The molecule has 7 nitrogen and oxygen atoms in total. The van der Waals surface area contributed by atoms with Gasteiger partial charge in [0.2, 0.25) is 5.91 Å². The molecule has 20 heavy (non-hydrogen) atoms. The van der Waals surface area contributed by atoms with Crippen LogP contribution in [0.2, 0.25) is 0 Å². The van der Waals surface area contributed by atoms with Crippen LogP contribution in [0.5, 0.6) is 0 Å². The van der Waals surface area contributed by atoms with Gasteiger partial charge in [0.1, 0.15) is 5.76 Å². The summed E-state index contributed by atoms with van der Waals surface area (Å²) in [6.45, 7) is 6.00. The van der Waals surface area contributed by atoms with E-state index in [4.69, 9.17) is 9.63 Å². The summed E-state index contributed by atoms with van der Waals surface area (Å²) in [5.41, 5.74) is 0. The third-order valence-corrected chi connectivity index (χ3v) is 3.07. The lowest BCUT2D eigenvalue weighted by atomic mass is 10.2. The second kappa shape index (κ2) is 7.64. The van der Waals surface area contributed by atoms with Crippen LogP contribution < -0.4 is 5.32 Å². The molecule has 0 aliphatic carbocycles. The molecule has 0 aliphatic heterocycles. The summed E-state index contributed by atoms with van der Waals surface area (Å²) in [6.07, 6.45) is 1.04. The number of hydrogen-bond donors (Lipinski definition) is 2. The predicted octanol–water partition coefficient (Wildman–Crippen LogP) is 1.50. The first-order valence-corrected chi connectivity index (χ1v) is 6.61. The quantitative estimate of drug-likeness (QED) is 0.750. The molecule has 1 heterocycles. The van der Waals surface area contributed by atoms with Gasteiger partial charge in [0.25, 0.3) is 0 Å². The van der Waals surface area contributed by atoms with Crippen LogP contribution in [-0.2, 0) is 9.59 Å². The van der Waals surface area contributed by atoms with Gasteiger partial charge in [0, 0.05) is 25.1 Å². The smallest absolute Gasteiger partial charge is 0.317 e. The molecular weight excluding hydrogens is 262 g/mol. The molecule has 0 aliphatic rings. The van der Waals surface area contributed by atoms with Gasteiger partial charge in [-0.25, -0.2) is 0 Å². The van der Waals surface area contributed by atoms with Gasteiger partial charge in [-0.1, -0.05) is 12.1 Å². The zero-order chi connectivity index (χ0) is 15.1. The first-order valence-electron chi connectivity index (χ1n) is 6.61. The Morgan fingerprint density at radius 2 is 2.25 bits per heavy atom. The molecule has 1 amide bonds. The Morgan fingerprint density at radius 3 is 2.75 bits per heavy atom. The van der Waals surface area contributed by atoms with E-state index in [1.807, 2.05) is 13.8 Å². The van der Waals surface area contributed by atoms with E-state index in [1.165, 1.54) is 0 Å². The lowest BCUT2D eigenvalue weighted by molar-refractivity contribution is -0.139. The van der Waals surface area contributed by atoms with Crippen molar-refractivity contribution in [3.63, 3.8) is 0 Å². The van der Waals surface area contributed by atoms with Crippen LogP contribution in [0.3, 0.4) is 0 Å². The molecule has 0 spiro atoms. The van der Waals surface area contributed by atoms with Crippen molar-refractivity contribution >= 4 is 17.7 Å². The van der Waals surface area contributed by atoms with E-state index in [0.717, 1.165) is 6.42 Å². The molecule has 1 aromatic rings. The number of amides is 1. The van der Waals surface area contributed by atoms with Crippen molar-refractivity contribution in [2.45, 2.75) is 39.7 Å². The van der Waals surface area contributed by atoms with Crippen LogP contribution >= 0.6 is 0 Å². The first-order chi connectivity index (χ1) is 9.42. The Hall–Kier alpha value is -1.89. The van der Waals surface area contributed by atoms with Gasteiger partial charge in [0.05, 0.1) is 6.54 Å². The number of rotatable bonds is 8. The molecule has 0 bridgehead atoms. The normalized spacial score (nSPS) is 12.4. The van der Waals surface area contributed by atoms with Crippen molar-refractivity contribution in [1.82, 2.24) is 10.1 Å². The van der Waals surface area contributed by atoms with E-state index in [2.05, 4.69) is 10.5 Å². The van der Waals surface area contributed by atoms with E-state index < -0.39 is 5.97 Å². The number of nitrogens with zero attached hydrogens (tertiary/aromatic N) is 2. The molecule has 1 rings (SSSR count). The fraction of sp³-hybridized carbons (Fsp3) is 0.615. The van der Waals surface area contributed by atoms with Gasteiger partial charge in [0.15, 0.2) is 5.82 Å². The van der Waals surface area contributed by atoms with Crippen molar-refractivity contribution < 1.29 is 19.2 Å². The van der Waals surface area contributed by atoms with E-state index in [0.29, 0.717) is 18.1 Å². The van der Waals surface area contributed by atoms with E-state index in [1.54, 1.807) is 17.9 Å². The van der Waals surface area contributed by atoms with Crippen LogP contribution in [0.25, 0.3) is 0 Å². The number of anilines is 1. The van der Waals surface area contributed by atoms with E-state index in [9.17, 15) is 9.59 Å². The van der Waals surface area contributed by atoms with Gasteiger partial charge < -0.3 is 14.9 Å². The minimum atomic E-state index is -0.891. The summed E-state index contributed by atoms with van der Waals surface area (Å²) < 4.78 is 4.85. The molecule has 2 N–H and O–H groups in total. The summed E-state index contributed by atoms with van der Waals surface area (Å²) in [5.74, 6) is -0.108. The third-order valence-electron chi connectivity index (χ3n) is 3.07. The van der Waals surface area contributed by atoms with Gasteiger partial charge >= 0.3 is 5.97 Å². The molecule has 1 atom stereocenters. The number of aromatic nitrogens is 1. The maximum atomic E-state index is 11.8. The fourth-order valence-electron chi connectivity index (χ4n) is 1.76. The predicted molar refractivity (Wildman–Crippen MR) is 73.4 cm³/mol. The lowest BCUT2D eigenvalue weighted by Gasteiger charge is -2.26. The highest BCUT2D eigenvalue weighted by molar-refractivity contribution is 5.89. The number of aryl methyl sites for hydroxylation is 1. The van der Waals surface area contributed by atoms with Crippen LogP contribution in [0.15, 0.2) is 10.6 Å². The second-order valence-corrected chi connectivity index (χ2v) is 4.74. The number of carboxylic acids is 1. The number of hydrogen-bond acceptors (Lipinski definition) is 5. The van der Waals surface area contributed by atoms with Gasteiger partial charge in [-0.15, -0.1) is 0 Å². The summed E-state index contributed by atoms with van der Waals surface area (Å²) in [5, 5.41) is 15.1. The SMILES string of the molecule is CCC(C)N(CCC(=O)Nc1cc(C)on1)CC(=O)O. The van der Waals surface area contributed by atoms with Crippen molar-refractivity contribution in [2.24, 2.45) is 0 Å². The van der Waals surface area contributed by atoms with Crippen molar-refractivity contribution in [3.8, 4) is 0 Å². The third kappa shape index (κ3) is 5.40. The number of nitrogens with one attached hydrogen (secondary N) is 1. The molecule has 0 aromatic carbocycles. The number of aliphatic carboxylic acids is 1. The fourth-order valence-corrected chi connectivity index (χ4v) is 1.76. The van der Waals surface area contributed by atoms with E-state index in [-0.39, 0.29) is 24.9 Å². The minimum Gasteiger partial charge on any atom is -0.480 e. The Labute approximate surface area is 117 Å².